The molecule has 4 nitrogen and oxygen atoms in total. The van der Waals surface area contributed by atoms with Gasteiger partial charge in [0, 0.05) is 35.6 Å². The predicted molar refractivity (Wildman–Crippen MR) is 85.4 cm³/mol. The van der Waals surface area contributed by atoms with Crippen LogP contribution < -0.4 is 5.32 Å². The van der Waals surface area contributed by atoms with E-state index in [9.17, 15) is 10.1 Å². The molecule has 1 unspecified atom stereocenters. The van der Waals surface area contributed by atoms with Gasteiger partial charge in [-0.3, -0.25) is 10.1 Å². The summed E-state index contributed by atoms with van der Waals surface area (Å²) in [6.45, 7) is 1.64. The van der Waals surface area contributed by atoms with Crippen molar-refractivity contribution in [1.82, 2.24) is 5.32 Å². The molecule has 0 bridgehead atoms. The number of hydrogen-bond donors (Lipinski definition) is 1. The SMILES string of the molecule is O=[N+]([O-])c1ccc(CNCC2Cc3ccccc32)c(Br)c1. The van der Waals surface area contributed by atoms with Gasteiger partial charge in [0.2, 0.25) is 0 Å². The van der Waals surface area contributed by atoms with Crippen molar-refractivity contribution in [1.29, 1.82) is 0 Å². The van der Waals surface area contributed by atoms with Crippen molar-refractivity contribution >= 4 is 21.6 Å². The predicted octanol–water partition coefficient (Wildman–Crippen LogP) is 3.79. The fourth-order valence-corrected chi connectivity index (χ4v) is 3.23. The highest BCUT2D eigenvalue weighted by atomic mass is 79.9. The van der Waals surface area contributed by atoms with Crippen LogP contribution in [-0.2, 0) is 13.0 Å². The molecule has 1 aliphatic rings. The number of nitro benzene ring substituents is 1. The van der Waals surface area contributed by atoms with Gasteiger partial charge in [-0.05, 0) is 29.2 Å². The van der Waals surface area contributed by atoms with E-state index in [0.29, 0.717) is 12.5 Å². The molecule has 108 valence electrons. The summed E-state index contributed by atoms with van der Waals surface area (Å²) in [4.78, 5) is 10.3. The van der Waals surface area contributed by atoms with Crippen LogP contribution >= 0.6 is 15.9 Å². The molecule has 0 fully saturated rings. The molecule has 1 N–H and O–H groups in total. The maximum atomic E-state index is 10.7. The second kappa shape index (κ2) is 5.95. The highest BCUT2D eigenvalue weighted by Gasteiger charge is 2.24. The molecule has 1 aliphatic carbocycles. The van der Waals surface area contributed by atoms with E-state index >= 15 is 0 Å². The maximum Gasteiger partial charge on any atom is 0.270 e. The minimum Gasteiger partial charge on any atom is -0.312 e. The van der Waals surface area contributed by atoms with Gasteiger partial charge in [-0.25, -0.2) is 0 Å². The summed E-state index contributed by atoms with van der Waals surface area (Å²) in [5.41, 5.74) is 4.03. The molecule has 0 amide bonds. The first-order valence-corrected chi connectivity index (χ1v) is 7.66. The Balaban J connectivity index is 1.56. The molecule has 0 aliphatic heterocycles. The first-order chi connectivity index (χ1) is 10.1. The van der Waals surface area contributed by atoms with E-state index < -0.39 is 0 Å². The summed E-state index contributed by atoms with van der Waals surface area (Å²) in [6.07, 6.45) is 1.13. The van der Waals surface area contributed by atoms with E-state index in [4.69, 9.17) is 0 Å². The first kappa shape index (κ1) is 14.2. The molecular weight excluding hydrogens is 332 g/mol. The van der Waals surface area contributed by atoms with Gasteiger partial charge in [-0.1, -0.05) is 40.2 Å². The summed E-state index contributed by atoms with van der Waals surface area (Å²) >= 11 is 3.40. The third-order valence-electron chi connectivity index (χ3n) is 3.91. The van der Waals surface area contributed by atoms with Crippen LogP contribution in [0.25, 0.3) is 0 Å². The highest BCUT2D eigenvalue weighted by molar-refractivity contribution is 9.10. The Morgan fingerprint density at radius 1 is 1.29 bits per heavy atom. The average Bonchev–Trinajstić information content (AvgIpc) is 2.45. The minimum atomic E-state index is -0.382. The summed E-state index contributed by atoms with van der Waals surface area (Å²) in [7, 11) is 0. The van der Waals surface area contributed by atoms with Gasteiger partial charge in [0.1, 0.15) is 0 Å². The second-order valence-electron chi connectivity index (χ2n) is 5.26. The zero-order chi connectivity index (χ0) is 14.8. The Bertz CT molecular complexity index is 688. The Hall–Kier alpha value is -1.72. The summed E-state index contributed by atoms with van der Waals surface area (Å²) in [6, 6.07) is 13.4. The van der Waals surface area contributed by atoms with Crippen LogP contribution in [0.4, 0.5) is 5.69 Å². The van der Waals surface area contributed by atoms with Crippen molar-refractivity contribution in [3.05, 3.63) is 73.7 Å². The molecule has 0 saturated carbocycles. The van der Waals surface area contributed by atoms with Gasteiger partial charge >= 0.3 is 0 Å². The monoisotopic (exact) mass is 346 g/mol. The standard InChI is InChI=1S/C16H15BrN2O2/c17-16-8-14(19(20)21)6-5-12(16)9-18-10-13-7-11-3-1-2-4-15(11)13/h1-6,8,13,18H,7,9-10H2. The van der Waals surface area contributed by atoms with Crippen LogP contribution in [-0.4, -0.2) is 11.5 Å². The lowest BCUT2D eigenvalue weighted by atomic mass is 9.77. The van der Waals surface area contributed by atoms with Gasteiger partial charge in [0.15, 0.2) is 0 Å². The Labute approximate surface area is 131 Å². The topological polar surface area (TPSA) is 55.2 Å². The van der Waals surface area contributed by atoms with Crippen LogP contribution in [0.5, 0.6) is 0 Å². The van der Waals surface area contributed by atoms with Gasteiger partial charge in [-0.2, -0.15) is 0 Å². The van der Waals surface area contributed by atoms with Crippen molar-refractivity contribution < 1.29 is 4.92 Å². The molecule has 0 saturated heterocycles. The minimum absolute atomic E-state index is 0.110. The van der Waals surface area contributed by atoms with Crippen molar-refractivity contribution in [2.45, 2.75) is 18.9 Å². The number of benzene rings is 2. The number of non-ortho nitro benzene ring substituents is 1. The van der Waals surface area contributed by atoms with Gasteiger partial charge < -0.3 is 5.32 Å². The van der Waals surface area contributed by atoms with Gasteiger partial charge in [0.25, 0.3) is 5.69 Å². The van der Waals surface area contributed by atoms with E-state index in [1.807, 2.05) is 0 Å². The number of nitrogens with one attached hydrogen (secondary N) is 1. The van der Waals surface area contributed by atoms with Crippen molar-refractivity contribution in [2.75, 3.05) is 6.54 Å². The van der Waals surface area contributed by atoms with Gasteiger partial charge in [-0.15, -0.1) is 0 Å². The lowest BCUT2D eigenvalue weighted by molar-refractivity contribution is -0.384. The Morgan fingerprint density at radius 3 is 2.81 bits per heavy atom. The third-order valence-corrected chi connectivity index (χ3v) is 4.65. The van der Waals surface area contributed by atoms with E-state index in [1.54, 1.807) is 18.2 Å². The first-order valence-electron chi connectivity index (χ1n) is 6.86. The van der Waals surface area contributed by atoms with Gasteiger partial charge in [0.05, 0.1) is 4.92 Å². The largest absolute Gasteiger partial charge is 0.312 e. The van der Waals surface area contributed by atoms with Crippen molar-refractivity contribution in [3.63, 3.8) is 0 Å². The van der Waals surface area contributed by atoms with Crippen LogP contribution in [0.2, 0.25) is 0 Å². The second-order valence-corrected chi connectivity index (χ2v) is 6.12. The maximum absolute atomic E-state index is 10.7. The van der Waals surface area contributed by atoms with Crippen LogP contribution in [0.15, 0.2) is 46.9 Å². The normalized spacial score (nSPS) is 16.1. The Kier molecular flexibility index (Phi) is 4.03. The summed E-state index contributed by atoms with van der Waals surface area (Å²) < 4.78 is 0.776. The molecule has 0 aromatic heterocycles. The lowest BCUT2D eigenvalue weighted by Gasteiger charge is -2.30. The molecule has 2 aromatic carbocycles. The summed E-state index contributed by atoms with van der Waals surface area (Å²) in [5, 5.41) is 14.1. The average molecular weight is 347 g/mol. The van der Waals surface area contributed by atoms with Crippen LogP contribution in [0.1, 0.15) is 22.6 Å². The fourth-order valence-electron chi connectivity index (χ4n) is 2.72. The van der Waals surface area contributed by atoms with Crippen molar-refractivity contribution in [2.24, 2.45) is 0 Å². The quantitative estimate of drug-likeness (QED) is 0.661. The Morgan fingerprint density at radius 2 is 2.10 bits per heavy atom. The molecular formula is C16H15BrN2O2. The molecule has 21 heavy (non-hydrogen) atoms. The summed E-state index contributed by atoms with van der Waals surface area (Å²) in [5.74, 6) is 0.582. The van der Waals surface area contributed by atoms with Crippen LogP contribution in [0.3, 0.4) is 0 Å². The molecule has 0 spiro atoms. The number of nitrogens with zero attached hydrogens (tertiary/aromatic N) is 1. The van der Waals surface area contributed by atoms with E-state index in [-0.39, 0.29) is 10.6 Å². The molecule has 2 aromatic rings. The molecule has 0 heterocycles. The number of rotatable bonds is 5. The zero-order valence-electron chi connectivity index (χ0n) is 11.4. The fraction of sp³-hybridized carbons (Fsp3) is 0.250. The third kappa shape index (κ3) is 2.99. The lowest BCUT2D eigenvalue weighted by Crippen LogP contribution is -2.28. The number of nitro groups is 1. The zero-order valence-corrected chi connectivity index (χ0v) is 13.0. The smallest absolute Gasteiger partial charge is 0.270 e. The number of halogens is 1. The van der Waals surface area contributed by atoms with Crippen molar-refractivity contribution in [3.8, 4) is 0 Å². The molecule has 1 atom stereocenters. The highest BCUT2D eigenvalue weighted by Crippen LogP contribution is 2.34. The van der Waals surface area contributed by atoms with E-state index in [0.717, 1.165) is 23.0 Å². The van der Waals surface area contributed by atoms with Crippen LogP contribution in [0, 0.1) is 10.1 Å². The number of hydrogen-bond acceptors (Lipinski definition) is 3. The number of fused-ring (bicyclic) bond motifs is 1. The molecule has 3 rings (SSSR count). The molecule has 0 radical (unpaired) electrons. The van der Waals surface area contributed by atoms with E-state index in [1.165, 1.54) is 11.1 Å². The molecule has 5 heteroatoms. The van der Waals surface area contributed by atoms with E-state index in [2.05, 4.69) is 45.5 Å².